The molecule has 1 amide bonds. The van der Waals surface area contributed by atoms with Crippen molar-refractivity contribution in [1.82, 2.24) is 4.98 Å². The molecule has 1 saturated heterocycles. The van der Waals surface area contributed by atoms with Crippen molar-refractivity contribution in [1.29, 1.82) is 0 Å². The van der Waals surface area contributed by atoms with Crippen LogP contribution in [0.25, 0.3) is 0 Å². The van der Waals surface area contributed by atoms with Crippen LogP contribution in [0.5, 0.6) is 5.75 Å². The number of nitrogens with zero attached hydrogens (tertiary/aromatic N) is 2. The first kappa shape index (κ1) is 16.6. The second kappa shape index (κ2) is 8.68. The predicted octanol–water partition coefficient (Wildman–Crippen LogP) is -0.425. The van der Waals surface area contributed by atoms with Gasteiger partial charge in [-0.1, -0.05) is 12.1 Å². The lowest BCUT2D eigenvalue weighted by molar-refractivity contribution is -0.380. The van der Waals surface area contributed by atoms with E-state index in [0.717, 1.165) is 6.20 Å². The number of carbonyl (C=O) groups excluding carboxylic acids is 1. The minimum absolute atomic E-state index is 0.284. The maximum absolute atomic E-state index is 12.8. The Morgan fingerprint density at radius 1 is 1.27 bits per heavy atom. The number of carboxylic acids is 1. The summed E-state index contributed by atoms with van der Waals surface area (Å²) < 4.78 is 41.9. The minimum atomic E-state index is -2.08. The Hall–Kier alpha value is -3.17. The maximum atomic E-state index is 12.8. The lowest BCUT2D eigenvalue weighted by atomic mass is 9.99. The number of rotatable bonds is 6. The van der Waals surface area contributed by atoms with Crippen LogP contribution >= 0.6 is 11.3 Å². The number of nitrogens with one attached hydrogen (secondary N) is 1. The molecule has 1 fully saturated rings. The fraction of sp³-hybridized carbons (Fsp3) is 0.312. The SMILES string of the molecule is [2H]c1c([2H])c([2H])c(C(=O)Nc2ncc([N+](=O)[O-])s2)c(O[C@H]2O[C@@H](C(=O)O)[C@H](O)[C@@H](O)[C@@H]2O)c1[2H]. The van der Waals surface area contributed by atoms with Gasteiger partial charge < -0.3 is 29.9 Å². The third kappa shape index (κ3) is 4.37. The van der Waals surface area contributed by atoms with Gasteiger partial charge in [-0.3, -0.25) is 20.2 Å². The van der Waals surface area contributed by atoms with E-state index in [1.165, 1.54) is 0 Å². The Morgan fingerprint density at radius 2 is 1.97 bits per heavy atom. The summed E-state index contributed by atoms with van der Waals surface area (Å²) in [4.78, 5) is 37.8. The third-order valence-electron chi connectivity index (χ3n) is 3.82. The Labute approximate surface area is 176 Å². The third-order valence-corrected chi connectivity index (χ3v) is 4.69. The van der Waals surface area contributed by atoms with Crippen molar-refractivity contribution in [2.45, 2.75) is 30.7 Å². The molecule has 30 heavy (non-hydrogen) atoms. The van der Waals surface area contributed by atoms with Gasteiger partial charge in [-0.25, -0.2) is 9.78 Å². The normalized spacial score (nSPS) is 27.9. The average Bonchev–Trinajstić information content (AvgIpc) is 3.24. The first-order valence-corrected chi connectivity index (χ1v) is 8.77. The van der Waals surface area contributed by atoms with Crippen LogP contribution in [0.2, 0.25) is 0 Å². The number of amides is 1. The maximum Gasteiger partial charge on any atom is 0.345 e. The molecule has 5 N–H and O–H groups in total. The summed E-state index contributed by atoms with van der Waals surface area (Å²) in [6.07, 6.45) is -9.52. The van der Waals surface area contributed by atoms with Gasteiger partial charge >= 0.3 is 11.0 Å². The van der Waals surface area contributed by atoms with Gasteiger partial charge in [0.25, 0.3) is 5.91 Å². The van der Waals surface area contributed by atoms with Crippen LogP contribution in [0, 0.1) is 10.1 Å². The van der Waals surface area contributed by atoms with E-state index in [9.17, 15) is 35.0 Å². The van der Waals surface area contributed by atoms with Gasteiger partial charge in [0.15, 0.2) is 11.2 Å². The fourth-order valence-corrected chi connectivity index (χ4v) is 3.01. The number of anilines is 1. The number of aromatic nitrogens is 1. The monoisotopic (exact) mass is 445 g/mol. The van der Waals surface area contributed by atoms with Crippen molar-refractivity contribution in [3.05, 3.63) is 46.0 Å². The lowest BCUT2D eigenvalue weighted by Crippen LogP contribution is -2.61. The van der Waals surface area contributed by atoms with Crippen LogP contribution in [0.15, 0.2) is 30.4 Å². The molecule has 2 aromatic rings. The van der Waals surface area contributed by atoms with Gasteiger partial charge in [-0.15, -0.1) is 0 Å². The minimum Gasteiger partial charge on any atom is -0.479 e. The molecule has 14 heteroatoms. The van der Waals surface area contributed by atoms with E-state index in [1.54, 1.807) is 0 Å². The average molecular weight is 445 g/mol. The number of hydrogen-bond donors (Lipinski definition) is 5. The van der Waals surface area contributed by atoms with Crippen molar-refractivity contribution in [2.24, 2.45) is 0 Å². The highest BCUT2D eigenvalue weighted by Gasteiger charge is 2.48. The zero-order chi connectivity index (χ0) is 25.5. The number of aliphatic hydroxyl groups excluding tert-OH is 3. The summed E-state index contributed by atoms with van der Waals surface area (Å²) in [5.41, 5.74) is -0.827. The van der Waals surface area contributed by atoms with Gasteiger partial charge in [0, 0.05) is 0 Å². The summed E-state index contributed by atoms with van der Waals surface area (Å²) in [6.45, 7) is 0. The largest absolute Gasteiger partial charge is 0.479 e. The molecule has 1 aliphatic heterocycles. The Bertz CT molecular complexity index is 1160. The zero-order valence-corrected chi connectivity index (χ0v) is 15.3. The molecule has 0 unspecified atom stereocenters. The van der Waals surface area contributed by atoms with Gasteiger partial charge in [0.2, 0.25) is 6.29 Å². The Kier molecular flexibility index (Phi) is 4.81. The highest BCUT2D eigenvalue weighted by molar-refractivity contribution is 7.18. The van der Waals surface area contributed by atoms with E-state index >= 15 is 0 Å². The van der Waals surface area contributed by atoms with Crippen LogP contribution in [-0.4, -0.2) is 72.9 Å². The Morgan fingerprint density at radius 3 is 2.60 bits per heavy atom. The molecule has 5 atom stereocenters. The molecular weight excluding hydrogens is 426 g/mol. The molecule has 0 spiro atoms. The van der Waals surface area contributed by atoms with Gasteiger partial charge in [0.1, 0.15) is 30.3 Å². The number of nitro groups is 1. The van der Waals surface area contributed by atoms with Gasteiger partial charge in [-0.05, 0) is 23.4 Å². The molecule has 0 saturated carbocycles. The van der Waals surface area contributed by atoms with E-state index in [1.807, 2.05) is 0 Å². The van der Waals surface area contributed by atoms with Crippen LogP contribution in [0.4, 0.5) is 10.1 Å². The lowest BCUT2D eigenvalue weighted by Gasteiger charge is -2.38. The molecule has 1 aliphatic rings. The molecule has 0 bridgehead atoms. The number of thiazole rings is 1. The fourth-order valence-electron chi connectivity index (χ4n) is 2.38. The molecule has 2 heterocycles. The number of aliphatic hydroxyl groups is 3. The van der Waals surface area contributed by atoms with Crippen molar-refractivity contribution in [3.8, 4) is 5.75 Å². The summed E-state index contributed by atoms with van der Waals surface area (Å²) in [5, 5.41) is 51.3. The highest BCUT2D eigenvalue weighted by Crippen LogP contribution is 2.29. The number of carbonyl (C=O) groups is 2. The quantitative estimate of drug-likeness (QED) is 0.285. The van der Waals surface area contributed by atoms with E-state index in [-0.39, 0.29) is 5.13 Å². The van der Waals surface area contributed by atoms with Crippen molar-refractivity contribution < 1.29 is 49.9 Å². The highest BCUT2D eigenvalue weighted by atomic mass is 32.1. The summed E-state index contributed by atoms with van der Waals surface area (Å²) >= 11 is 0.462. The number of ether oxygens (including phenoxy) is 2. The summed E-state index contributed by atoms with van der Waals surface area (Å²) in [7, 11) is 0. The standard InChI is InChI=1S/C16H15N3O10S/c20-9-10(21)12(14(24)25)29-15(11(9)22)28-7-4-2-1-3-6(7)13(23)18-16-17-5-8(30-16)19(26)27/h1-5,9-12,15,20-22H,(H,24,25)(H,17,18,23)/t9-,10-,11+,12-,15+/m1/s1/i1D,2D,3D,4D. The second-order valence-corrected chi connectivity index (χ2v) is 6.78. The number of benzene rings is 1. The topological polar surface area (TPSA) is 202 Å². The molecular formula is C16H15N3O10S. The van der Waals surface area contributed by atoms with Gasteiger partial charge in [-0.2, -0.15) is 0 Å². The smallest absolute Gasteiger partial charge is 0.345 e. The summed E-state index contributed by atoms with van der Waals surface area (Å²) in [6, 6.07) is -3.53. The van der Waals surface area contributed by atoms with Crippen LogP contribution in [0.3, 0.4) is 0 Å². The van der Waals surface area contributed by atoms with Gasteiger partial charge in [0.05, 0.1) is 16.0 Å². The van der Waals surface area contributed by atoms with E-state index < -0.39 is 88.0 Å². The first-order chi connectivity index (χ1) is 15.8. The number of aliphatic carboxylic acids is 1. The zero-order valence-electron chi connectivity index (χ0n) is 18.5. The molecule has 1 aromatic carbocycles. The van der Waals surface area contributed by atoms with E-state index in [4.69, 9.17) is 20.1 Å². The van der Waals surface area contributed by atoms with E-state index in [2.05, 4.69) is 10.3 Å². The van der Waals surface area contributed by atoms with Crippen molar-refractivity contribution >= 4 is 33.3 Å². The molecule has 0 aliphatic carbocycles. The van der Waals surface area contributed by atoms with E-state index in [0.29, 0.717) is 11.3 Å². The predicted molar refractivity (Wildman–Crippen MR) is 98.1 cm³/mol. The number of hydrogen-bond acceptors (Lipinski definition) is 11. The Balaban J connectivity index is 2.02. The van der Waals surface area contributed by atoms with Crippen molar-refractivity contribution in [2.75, 3.05) is 5.32 Å². The number of para-hydroxylation sites is 1. The molecule has 13 nitrogen and oxygen atoms in total. The first-order valence-electron chi connectivity index (χ1n) is 9.96. The van der Waals surface area contributed by atoms with Crippen molar-refractivity contribution in [3.63, 3.8) is 0 Å². The summed E-state index contributed by atoms with van der Waals surface area (Å²) in [5.74, 6) is -3.84. The molecule has 3 rings (SSSR count). The van der Waals surface area contributed by atoms with Crippen LogP contribution in [-0.2, 0) is 9.53 Å². The second-order valence-electron chi connectivity index (χ2n) is 5.77. The molecule has 0 radical (unpaired) electrons. The molecule has 1 aromatic heterocycles. The molecule has 160 valence electrons. The van der Waals surface area contributed by atoms with Crippen LogP contribution in [0.1, 0.15) is 15.8 Å². The number of carboxylic acid groups (broad SMARTS) is 1. The van der Waals surface area contributed by atoms with Crippen LogP contribution < -0.4 is 10.1 Å².